The molecule has 3 aromatic rings. The standard InChI is InChI=1S/C18H16O5/c1-10-6-7-13-15(9-10)23-17(14-5-4-8-21-14)18(16(13)20)22-12(3)11(2)19/h4-9,12H,1-3H3. The van der Waals surface area contributed by atoms with E-state index in [-0.39, 0.29) is 22.7 Å². The van der Waals surface area contributed by atoms with Crippen LogP contribution in [0.4, 0.5) is 0 Å². The maximum atomic E-state index is 12.8. The Kier molecular flexibility index (Phi) is 3.78. The van der Waals surface area contributed by atoms with Crippen LogP contribution in [-0.2, 0) is 4.79 Å². The van der Waals surface area contributed by atoms with E-state index in [1.54, 1.807) is 31.2 Å². The van der Waals surface area contributed by atoms with E-state index in [1.165, 1.54) is 13.2 Å². The second kappa shape index (κ2) is 5.76. The smallest absolute Gasteiger partial charge is 0.235 e. The van der Waals surface area contributed by atoms with Crippen LogP contribution in [0, 0.1) is 6.92 Å². The van der Waals surface area contributed by atoms with Crippen molar-refractivity contribution >= 4 is 16.8 Å². The lowest BCUT2D eigenvalue weighted by molar-refractivity contribution is -0.122. The topological polar surface area (TPSA) is 69.7 Å². The van der Waals surface area contributed by atoms with Gasteiger partial charge in [-0.2, -0.15) is 0 Å². The fraction of sp³-hybridized carbons (Fsp3) is 0.222. The number of hydrogen-bond donors (Lipinski definition) is 0. The molecule has 0 radical (unpaired) electrons. The molecule has 0 aliphatic carbocycles. The quantitative estimate of drug-likeness (QED) is 0.734. The molecule has 0 aliphatic heterocycles. The number of carbonyl (C=O) groups is 1. The van der Waals surface area contributed by atoms with Gasteiger partial charge in [-0.05, 0) is 50.6 Å². The highest BCUT2D eigenvalue weighted by Gasteiger charge is 2.22. The maximum absolute atomic E-state index is 12.8. The van der Waals surface area contributed by atoms with Crippen molar-refractivity contribution in [1.29, 1.82) is 0 Å². The van der Waals surface area contributed by atoms with Crippen molar-refractivity contribution in [1.82, 2.24) is 0 Å². The first-order valence-electron chi connectivity index (χ1n) is 7.26. The molecule has 1 atom stereocenters. The summed E-state index contributed by atoms with van der Waals surface area (Å²) in [7, 11) is 0. The highest BCUT2D eigenvalue weighted by molar-refractivity contribution is 5.83. The Morgan fingerprint density at radius 3 is 2.70 bits per heavy atom. The van der Waals surface area contributed by atoms with Gasteiger partial charge in [-0.3, -0.25) is 9.59 Å². The fourth-order valence-corrected chi connectivity index (χ4v) is 2.22. The lowest BCUT2D eigenvalue weighted by Crippen LogP contribution is -2.24. The summed E-state index contributed by atoms with van der Waals surface area (Å²) in [6.07, 6.45) is 0.725. The Hall–Kier alpha value is -2.82. The molecule has 0 aliphatic rings. The number of benzene rings is 1. The number of fused-ring (bicyclic) bond motifs is 1. The zero-order valence-electron chi connectivity index (χ0n) is 13.1. The molecule has 0 bridgehead atoms. The first kappa shape index (κ1) is 15.1. The first-order valence-corrected chi connectivity index (χ1v) is 7.26. The van der Waals surface area contributed by atoms with Gasteiger partial charge in [-0.1, -0.05) is 6.07 Å². The number of carbonyl (C=O) groups excluding carboxylic acids is 1. The summed E-state index contributed by atoms with van der Waals surface area (Å²) in [5.74, 6) is 0.361. The fourth-order valence-electron chi connectivity index (χ4n) is 2.22. The second-order valence-corrected chi connectivity index (χ2v) is 5.44. The number of ether oxygens (including phenoxy) is 1. The SMILES string of the molecule is CC(=O)C(C)Oc1c(-c2ccco2)oc2cc(C)ccc2c1=O. The number of furan rings is 1. The summed E-state index contributed by atoms with van der Waals surface area (Å²) < 4.78 is 16.8. The average molecular weight is 312 g/mol. The highest BCUT2D eigenvalue weighted by Crippen LogP contribution is 2.32. The number of rotatable bonds is 4. The van der Waals surface area contributed by atoms with E-state index >= 15 is 0 Å². The van der Waals surface area contributed by atoms with Crippen LogP contribution in [0.5, 0.6) is 5.75 Å². The molecule has 1 unspecified atom stereocenters. The van der Waals surface area contributed by atoms with E-state index in [9.17, 15) is 9.59 Å². The molecular weight excluding hydrogens is 296 g/mol. The molecule has 3 rings (SSSR count). The Bertz CT molecular complexity index is 918. The Balaban J connectivity index is 2.28. The van der Waals surface area contributed by atoms with Gasteiger partial charge in [0.15, 0.2) is 17.6 Å². The lowest BCUT2D eigenvalue weighted by Gasteiger charge is -2.14. The van der Waals surface area contributed by atoms with Crippen molar-refractivity contribution in [3.63, 3.8) is 0 Å². The lowest BCUT2D eigenvalue weighted by atomic mass is 10.1. The highest BCUT2D eigenvalue weighted by atomic mass is 16.5. The van der Waals surface area contributed by atoms with Crippen molar-refractivity contribution in [2.24, 2.45) is 0 Å². The van der Waals surface area contributed by atoms with Crippen LogP contribution < -0.4 is 10.2 Å². The van der Waals surface area contributed by atoms with E-state index in [2.05, 4.69) is 0 Å². The van der Waals surface area contributed by atoms with Gasteiger partial charge in [0.2, 0.25) is 16.9 Å². The number of aryl methyl sites for hydroxylation is 1. The predicted molar refractivity (Wildman–Crippen MR) is 85.7 cm³/mol. The van der Waals surface area contributed by atoms with Crippen LogP contribution in [0.15, 0.2) is 50.2 Å². The minimum absolute atomic E-state index is 0.0148. The minimum atomic E-state index is -0.755. The third-order valence-electron chi connectivity index (χ3n) is 3.62. The molecule has 23 heavy (non-hydrogen) atoms. The Labute approximate surface area is 132 Å². The molecular formula is C18H16O5. The number of hydrogen-bond acceptors (Lipinski definition) is 5. The molecule has 1 aromatic carbocycles. The number of ketones is 1. The van der Waals surface area contributed by atoms with E-state index in [4.69, 9.17) is 13.6 Å². The molecule has 0 fully saturated rings. The second-order valence-electron chi connectivity index (χ2n) is 5.44. The van der Waals surface area contributed by atoms with Crippen LogP contribution >= 0.6 is 0 Å². The zero-order valence-corrected chi connectivity index (χ0v) is 13.1. The average Bonchev–Trinajstić information content (AvgIpc) is 3.03. The summed E-state index contributed by atoms with van der Waals surface area (Å²) in [6, 6.07) is 8.65. The van der Waals surface area contributed by atoms with Crippen LogP contribution in [0.25, 0.3) is 22.5 Å². The molecule has 0 saturated carbocycles. The molecule has 0 saturated heterocycles. The van der Waals surface area contributed by atoms with Gasteiger partial charge in [0, 0.05) is 0 Å². The third-order valence-corrected chi connectivity index (χ3v) is 3.62. The monoisotopic (exact) mass is 312 g/mol. The van der Waals surface area contributed by atoms with Gasteiger partial charge in [-0.15, -0.1) is 0 Å². The first-order chi connectivity index (χ1) is 11.0. The van der Waals surface area contributed by atoms with E-state index < -0.39 is 6.10 Å². The van der Waals surface area contributed by atoms with Crippen LogP contribution in [-0.4, -0.2) is 11.9 Å². The van der Waals surface area contributed by atoms with Crippen molar-refractivity contribution in [2.45, 2.75) is 26.9 Å². The van der Waals surface area contributed by atoms with Crippen LogP contribution in [0.2, 0.25) is 0 Å². The molecule has 0 N–H and O–H groups in total. The van der Waals surface area contributed by atoms with Gasteiger partial charge >= 0.3 is 0 Å². The molecule has 5 nitrogen and oxygen atoms in total. The molecule has 5 heteroatoms. The number of Topliss-reactive ketones (excluding diaryl/α,β-unsaturated/α-hetero) is 1. The summed E-state index contributed by atoms with van der Waals surface area (Å²) in [4.78, 5) is 24.3. The van der Waals surface area contributed by atoms with Crippen molar-refractivity contribution in [3.8, 4) is 17.3 Å². The van der Waals surface area contributed by atoms with Crippen molar-refractivity contribution in [2.75, 3.05) is 0 Å². The summed E-state index contributed by atoms with van der Waals surface area (Å²) in [5, 5.41) is 0.400. The van der Waals surface area contributed by atoms with Gasteiger partial charge in [-0.25, -0.2) is 0 Å². The molecule has 2 heterocycles. The van der Waals surface area contributed by atoms with E-state index in [0.717, 1.165) is 5.56 Å². The minimum Gasteiger partial charge on any atom is -0.475 e. The summed E-state index contributed by atoms with van der Waals surface area (Å²) in [5.41, 5.74) is 1.09. The van der Waals surface area contributed by atoms with Gasteiger partial charge in [0.25, 0.3) is 0 Å². The normalized spacial score (nSPS) is 12.3. The van der Waals surface area contributed by atoms with Crippen LogP contribution in [0.3, 0.4) is 0 Å². The van der Waals surface area contributed by atoms with E-state index in [1.807, 2.05) is 13.0 Å². The predicted octanol–water partition coefficient (Wildman–Crippen LogP) is 3.72. The zero-order chi connectivity index (χ0) is 16.6. The summed E-state index contributed by atoms with van der Waals surface area (Å²) >= 11 is 0. The molecule has 118 valence electrons. The van der Waals surface area contributed by atoms with Gasteiger partial charge in [0.05, 0.1) is 11.6 Å². The molecule has 2 aromatic heterocycles. The summed E-state index contributed by atoms with van der Waals surface area (Å²) in [6.45, 7) is 4.91. The molecule has 0 amide bonds. The van der Waals surface area contributed by atoms with Crippen LogP contribution in [0.1, 0.15) is 19.4 Å². The van der Waals surface area contributed by atoms with E-state index in [0.29, 0.717) is 16.7 Å². The third kappa shape index (κ3) is 2.77. The molecule has 0 spiro atoms. The largest absolute Gasteiger partial charge is 0.475 e. The van der Waals surface area contributed by atoms with Gasteiger partial charge < -0.3 is 13.6 Å². The van der Waals surface area contributed by atoms with Crippen molar-refractivity contribution in [3.05, 3.63) is 52.4 Å². The van der Waals surface area contributed by atoms with Crippen molar-refractivity contribution < 1.29 is 18.4 Å². The maximum Gasteiger partial charge on any atom is 0.235 e. The Morgan fingerprint density at radius 2 is 2.04 bits per heavy atom. The Morgan fingerprint density at radius 1 is 1.26 bits per heavy atom. The van der Waals surface area contributed by atoms with Gasteiger partial charge in [0.1, 0.15) is 5.58 Å².